The van der Waals surface area contributed by atoms with Crippen LogP contribution in [0.5, 0.6) is 5.75 Å². The summed E-state index contributed by atoms with van der Waals surface area (Å²) < 4.78 is 5.96. The smallest absolute Gasteiger partial charge is 0.237 e. The van der Waals surface area contributed by atoms with Crippen molar-refractivity contribution in [2.24, 2.45) is 5.92 Å². The van der Waals surface area contributed by atoms with Crippen molar-refractivity contribution in [1.29, 1.82) is 0 Å². The molecular formula is C20H20N2O3. The second kappa shape index (κ2) is 5.62. The van der Waals surface area contributed by atoms with Crippen molar-refractivity contribution >= 4 is 17.5 Å². The third-order valence-electron chi connectivity index (χ3n) is 4.94. The summed E-state index contributed by atoms with van der Waals surface area (Å²) in [5.74, 6) is -0.828. The summed E-state index contributed by atoms with van der Waals surface area (Å²) in [6, 6.07) is 15.2. The van der Waals surface area contributed by atoms with Gasteiger partial charge < -0.3 is 15.4 Å². The summed E-state index contributed by atoms with van der Waals surface area (Å²) in [6.45, 7) is 3.84. The third-order valence-corrected chi connectivity index (χ3v) is 4.94. The number of nitrogens with one attached hydrogen (secondary N) is 2. The zero-order valence-corrected chi connectivity index (χ0v) is 14.2. The third kappa shape index (κ3) is 2.76. The second-order valence-electron chi connectivity index (χ2n) is 7.00. The van der Waals surface area contributed by atoms with Crippen molar-refractivity contribution in [2.45, 2.75) is 31.9 Å². The fourth-order valence-electron chi connectivity index (χ4n) is 3.75. The van der Waals surface area contributed by atoms with Gasteiger partial charge in [0.25, 0.3) is 0 Å². The van der Waals surface area contributed by atoms with Crippen molar-refractivity contribution < 1.29 is 14.3 Å². The van der Waals surface area contributed by atoms with E-state index in [2.05, 4.69) is 10.6 Å². The standard InChI is InChI=1S/C20H20N2O3/c1-12-7-9-13(10-8-12)21-18(23)17-15-11-20(2,22-19(17)24)25-16-6-4-3-5-14(15)16/h3-10,15,17H,11H2,1-2H3,(H,21,23)(H,22,24)/t15-,17-,20+/m0/s1. The molecule has 25 heavy (non-hydrogen) atoms. The number of anilines is 1. The molecule has 2 aromatic carbocycles. The molecule has 0 spiro atoms. The highest BCUT2D eigenvalue weighted by molar-refractivity contribution is 6.08. The minimum Gasteiger partial charge on any atom is -0.468 e. The van der Waals surface area contributed by atoms with Gasteiger partial charge >= 0.3 is 0 Å². The molecule has 0 aromatic heterocycles. The number of fused-ring (bicyclic) bond motifs is 4. The number of carbonyl (C=O) groups excluding carboxylic acids is 2. The first kappa shape index (κ1) is 15.7. The Bertz CT molecular complexity index is 846. The van der Waals surface area contributed by atoms with Crippen LogP contribution in [0, 0.1) is 12.8 Å². The minimum absolute atomic E-state index is 0.200. The normalized spacial score (nSPS) is 26.9. The zero-order valence-electron chi connectivity index (χ0n) is 14.2. The summed E-state index contributed by atoms with van der Waals surface area (Å²) in [6.07, 6.45) is 0.571. The molecule has 1 fully saturated rings. The molecular weight excluding hydrogens is 316 g/mol. The molecule has 0 unspecified atom stereocenters. The highest BCUT2D eigenvalue weighted by Gasteiger charge is 2.51. The zero-order chi connectivity index (χ0) is 17.6. The van der Waals surface area contributed by atoms with E-state index in [1.807, 2.05) is 62.4 Å². The Hall–Kier alpha value is -2.82. The van der Waals surface area contributed by atoms with E-state index >= 15 is 0 Å². The Morgan fingerprint density at radius 3 is 2.68 bits per heavy atom. The van der Waals surface area contributed by atoms with E-state index in [1.165, 1.54) is 0 Å². The number of hydrogen-bond donors (Lipinski definition) is 2. The lowest BCUT2D eigenvalue weighted by Gasteiger charge is -2.46. The van der Waals surface area contributed by atoms with Gasteiger partial charge in [-0.05, 0) is 37.6 Å². The van der Waals surface area contributed by atoms with E-state index < -0.39 is 11.6 Å². The van der Waals surface area contributed by atoms with E-state index in [0.717, 1.165) is 16.9 Å². The van der Waals surface area contributed by atoms with Gasteiger partial charge in [0.1, 0.15) is 11.7 Å². The molecule has 2 bridgehead atoms. The van der Waals surface area contributed by atoms with Crippen molar-refractivity contribution in [1.82, 2.24) is 5.32 Å². The van der Waals surface area contributed by atoms with Crippen molar-refractivity contribution in [3.63, 3.8) is 0 Å². The molecule has 5 nitrogen and oxygen atoms in total. The largest absolute Gasteiger partial charge is 0.468 e. The molecule has 4 rings (SSSR count). The van der Waals surface area contributed by atoms with E-state index in [1.54, 1.807) is 0 Å². The maximum absolute atomic E-state index is 12.9. The quantitative estimate of drug-likeness (QED) is 0.829. The molecule has 5 heteroatoms. The lowest BCUT2D eigenvalue weighted by molar-refractivity contribution is -0.145. The minimum atomic E-state index is -0.778. The molecule has 0 radical (unpaired) electrons. The van der Waals surface area contributed by atoms with Gasteiger partial charge in [0.05, 0.1) is 0 Å². The van der Waals surface area contributed by atoms with Crippen LogP contribution in [0.25, 0.3) is 0 Å². The molecule has 0 aliphatic carbocycles. The maximum Gasteiger partial charge on any atom is 0.237 e. The first-order valence-electron chi connectivity index (χ1n) is 8.43. The highest BCUT2D eigenvalue weighted by Crippen LogP contribution is 2.46. The Morgan fingerprint density at radius 2 is 1.92 bits per heavy atom. The SMILES string of the molecule is Cc1ccc(NC(=O)[C@H]2C(=O)N[C@@]3(C)C[C@H]2c2ccccc2O3)cc1. The molecule has 2 N–H and O–H groups in total. The van der Waals surface area contributed by atoms with E-state index in [0.29, 0.717) is 12.1 Å². The van der Waals surface area contributed by atoms with Crippen molar-refractivity contribution in [2.75, 3.05) is 5.32 Å². The fraction of sp³-hybridized carbons (Fsp3) is 0.300. The van der Waals surface area contributed by atoms with Gasteiger partial charge in [-0.2, -0.15) is 0 Å². The van der Waals surface area contributed by atoms with Crippen LogP contribution >= 0.6 is 0 Å². The second-order valence-corrected chi connectivity index (χ2v) is 7.00. The van der Waals surface area contributed by atoms with Crippen LogP contribution < -0.4 is 15.4 Å². The summed E-state index contributed by atoms with van der Waals surface area (Å²) in [7, 11) is 0. The average Bonchev–Trinajstić information content (AvgIpc) is 2.56. The average molecular weight is 336 g/mol. The van der Waals surface area contributed by atoms with Gasteiger partial charge in [0.2, 0.25) is 11.8 Å². The van der Waals surface area contributed by atoms with Crippen LogP contribution in [0.3, 0.4) is 0 Å². The number of hydrogen-bond acceptors (Lipinski definition) is 3. The van der Waals surface area contributed by atoms with Crippen molar-refractivity contribution in [3.05, 3.63) is 59.7 Å². The number of ether oxygens (including phenoxy) is 1. The van der Waals surface area contributed by atoms with Crippen LogP contribution in [-0.2, 0) is 9.59 Å². The predicted molar refractivity (Wildman–Crippen MR) is 94.3 cm³/mol. The van der Waals surface area contributed by atoms with Gasteiger partial charge in [0.15, 0.2) is 5.72 Å². The van der Waals surface area contributed by atoms with E-state index in [-0.39, 0.29) is 17.7 Å². The highest BCUT2D eigenvalue weighted by atomic mass is 16.5. The number of benzene rings is 2. The van der Waals surface area contributed by atoms with Crippen molar-refractivity contribution in [3.8, 4) is 5.75 Å². The number of rotatable bonds is 2. The molecule has 0 saturated carbocycles. The lowest BCUT2D eigenvalue weighted by Crippen LogP contribution is -2.62. The summed E-state index contributed by atoms with van der Waals surface area (Å²) >= 11 is 0. The molecule has 2 aliphatic heterocycles. The van der Waals surface area contributed by atoms with Gasteiger partial charge in [-0.3, -0.25) is 9.59 Å². The number of piperidine rings is 1. The van der Waals surface area contributed by atoms with Gasteiger partial charge in [-0.25, -0.2) is 0 Å². The van der Waals surface area contributed by atoms with E-state index in [9.17, 15) is 9.59 Å². The first-order valence-corrected chi connectivity index (χ1v) is 8.43. The number of amides is 2. The summed E-state index contributed by atoms with van der Waals surface area (Å²) in [5, 5.41) is 5.74. The monoisotopic (exact) mass is 336 g/mol. The number of aryl methyl sites for hydroxylation is 1. The predicted octanol–water partition coefficient (Wildman–Crippen LogP) is 2.96. The maximum atomic E-state index is 12.9. The van der Waals surface area contributed by atoms with Crippen LogP contribution in [0.4, 0.5) is 5.69 Å². The van der Waals surface area contributed by atoms with Crippen LogP contribution in [0.1, 0.15) is 30.4 Å². The van der Waals surface area contributed by atoms with E-state index in [4.69, 9.17) is 4.74 Å². The Balaban J connectivity index is 1.66. The van der Waals surface area contributed by atoms with Gasteiger partial charge in [-0.1, -0.05) is 35.9 Å². The number of carbonyl (C=O) groups is 2. The van der Waals surface area contributed by atoms with Gasteiger partial charge in [0, 0.05) is 18.0 Å². The number of para-hydroxylation sites is 1. The molecule has 1 saturated heterocycles. The summed E-state index contributed by atoms with van der Waals surface area (Å²) in [5.41, 5.74) is 1.95. The molecule has 3 atom stereocenters. The van der Waals surface area contributed by atoms with Crippen LogP contribution in [-0.4, -0.2) is 17.5 Å². The van der Waals surface area contributed by atoms with Crippen LogP contribution in [0.2, 0.25) is 0 Å². The van der Waals surface area contributed by atoms with Crippen LogP contribution in [0.15, 0.2) is 48.5 Å². The molecule has 2 aromatic rings. The fourth-order valence-corrected chi connectivity index (χ4v) is 3.75. The first-order chi connectivity index (χ1) is 12.0. The molecule has 2 heterocycles. The topological polar surface area (TPSA) is 67.4 Å². The molecule has 128 valence electrons. The summed E-state index contributed by atoms with van der Waals surface area (Å²) in [4.78, 5) is 25.5. The molecule has 2 aliphatic rings. The Morgan fingerprint density at radius 1 is 1.20 bits per heavy atom. The Labute approximate surface area is 146 Å². The Kier molecular flexibility index (Phi) is 3.53. The van der Waals surface area contributed by atoms with Gasteiger partial charge in [-0.15, -0.1) is 0 Å². The molecule has 2 amide bonds. The lowest BCUT2D eigenvalue weighted by atomic mass is 9.74.